The molecule has 1 aromatic heterocycles. The smallest absolute Gasteiger partial charge is 0.270 e. The highest BCUT2D eigenvalue weighted by Crippen LogP contribution is 2.23. The second kappa shape index (κ2) is 5.85. The summed E-state index contributed by atoms with van der Waals surface area (Å²) >= 11 is 0. The maximum Gasteiger partial charge on any atom is 0.270 e. The van der Waals surface area contributed by atoms with Crippen LogP contribution in [0.15, 0.2) is 18.3 Å². The van der Waals surface area contributed by atoms with Crippen LogP contribution in [0.3, 0.4) is 0 Å². The Labute approximate surface area is 108 Å². The molecule has 98 valence electrons. The Morgan fingerprint density at radius 2 is 2.28 bits per heavy atom. The van der Waals surface area contributed by atoms with Crippen LogP contribution in [0.5, 0.6) is 0 Å². The molecule has 0 spiro atoms. The van der Waals surface area contributed by atoms with Gasteiger partial charge in [-0.25, -0.2) is 0 Å². The van der Waals surface area contributed by atoms with Crippen LogP contribution >= 0.6 is 0 Å². The molecule has 1 heterocycles. The van der Waals surface area contributed by atoms with Gasteiger partial charge in [0.15, 0.2) is 0 Å². The zero-order chi connectivity index (χ0) is 13.0. The van der Waals surface area contributed by atoms with Crippen molar-refractivity contribution in [3.8, 4) is 0 Å². The van der Waals surface area contributed by atoms with E-state index in [-0.39, 0.29) is 5.91 Å². The molecule has 1 saturated carbocycles. The van der Waals surface area contributed by atoms with E-state index in [1.165, 1.54) is 12.8 Å². The third kappa shape index (κ3) is 3.22. The topological polar surface area (TPSA) is 54.0 Å². The van der Waals surface area contributed by atoms with Gasteiger partial charge in [-0.2, -0.15) is 0 Å². The van der Waals surface area contributed by atoms with Crippen LogP contribution in [0, 0.1) is 5.92 Å². The van der Waals surface area contributed by atoms with Crippen molar-refractivity contribution in [1.29, 1.82) is 0 Å². The van der Waals surface area contributed by atoms with Crippen molar-refractivity contribution in [2.24, 2.45) is 5.92 Å². The molecule has 2 N–H and O–H groups in total. The lowest BCUT2D eigenvalue weighted by atomic mass is 9.87. The molecule has 1 aromatic rings. The second-order valence-electron chi connectivity index (χ2n) is 5.12. The largest absolute Gasteiger partial charge is 0.388 e. The highest BCUT2D eigenvalue weighted by atomic mass is 16.1. The predicted molar refractivity (Wildman–Crippen MR) is 72.7 cm³/mol. The van der Waals surface area contributed by atoms with E-state index in [0.717, 1.165) is 18.5 Å². The fraction of sp³-hybridized carbons (Fsp3) is 0.571. The Bertz CT molecular complexity index is 419. The Hall–Kier alpha value is -1.58. The summed E-state index contributed by atoms with van der Waals surface area (Å²) in [6, 6.07) is 3.93. The van der Waals surface area contributed by atoms with Gasteiger partial charge >= 0.3 is 0 Å². The third-order valence-corrected chi connectivity index (χ3v) is 3.55. The summed E-state index contributed by atoms with van der Waals surface area (Å²) in [4.78, 5) is 16.2. The normalized spacial score (nSPS) is 23.4. The van der Waals surface area contributed by atoms with Crippen molar-refractivity contribution < 1.29 is 4.79 Å². The van der Waals surface area contributed by atoms with Gasteiger partial charge in [0.05, 0.1) is 0 Å². The number of carbonyl (C=O) groups is 1. The van der Waals surface area contributed by atoms with Gasteiger partial charge in [0.2, 0.25) is 0 Å². The van der Waals surface area contributed by atoms with Crippen molar-refractivity contribution in [3.05, 3.63) is 24.0 Å². The molecular formula is C14H21N3O. The molecule has 0 aromatic carbocycles. The van der Waals surface area contributed by atoms with E-state index in [4.69, 9.17) is 0 Å². The number of hydrogen-bond donors (Lipinski definition) is 2. The molecule has 2 unspecified atom stereocenters. The lowest BCUT2D eigenvalue weighted by molar-refractivity contribution is 0.0916. The highest BCUT2D eigenvalue weighted by molar-refractivity contribution is 5.93. The summed E-state index contributed by atoms with van der Waals surface area (Å²) in [6.07, 6.45) is 6.31. The molecule has 0 aliphatic heterocycles. The van der Waals surface area contributed by atoms with Crippen LogP contribution in [-0.4, -0.2) is 24.0 Å². The number of nitrogens with one attached hydrogen (secondary N) is 2. The fourth-order valence-electron chi connectivity index (χ4n) is 2.53. The van der Waals surface area contributed by atoms with Gasteiger partial charge in [-0.3, -0.25) is 9.78 Å². The van der Waals surface area contributed by atoms with Crippen molar-refractivity contribution in [1.82, 2.24) is 10.3 Å². The van der Waals surface area contributed by atoms with Crippen LogP contribution < -0.4 is 10.6 Å². The number of pyridine rings is 1. The minimum Gasteiger partial charge on any atom is -0.388 e. The third-order valence-electron chi connectivity index (χ3n) is 3.55. The fourth-order valence-corrected chi connectivity index (χ4v) is 2.53. The highest BCUT2D eigenvalue weighted by Gasteiger charge is 2.21. The molecule has 1 fully saturated rings. The lowest BCUT2D eigenvalue weighted by Gasteiger charge is -2.27. The maximum absolute atomic E-state index is 12.1. The first-order chi connectivity index (χ1) is 8.69. The molecule has 0 bridgehead atoms. The van der Waals surface area contributed by atoms with Crippen LogP contribution in [0.25, 0.3) is 0 Å². The summed E-state index contributed by atoms with van der Waals surface area (Å²) in [7, 11) is 1.83. The van der Waals surface area contributed by atoms with Crippen LogP contribution in [0.1, 0.15) is 43.1 Å². The van der Waals surface area contributed by atoms with E-state index in [1.807, 2.05) is 13.1 Å². The Morgan fingerprint density at radius 1 is 1.44 bits per heavy atom. The van der Waals surface area contributed by atoms with E-state index in [1.54, 1.807) is 12.3 Å². The molecule has 2 rings (SSSR count). The minimum absolute atomic E-state index is 0.0637. The van der Waals surface area contributed by atoms with Crippen LogP contribution in [-0.2, 0) is 0 Å². The molecule has 1 aliphatic rings. The second-order valence-corrected chi connectivity index (χ2v) is 5.12. The maximum atomic E-state index is 12.1. The zero-order valence-corrected chi connectivity index (χ0v) is 11.1. The van der Waals surface area contributed by atoms with Gasteiger partial charge in [-0.05, 0) is 30.9 Å². The average Bonchev–Trinajstić information content (AvgIpc) is 2.39. The number of aromatic nitrogens is 1. The van der Waals surface area contributed by atoms with Crippen molar-refractivity contribution in [2.45, 2.75) is 38.6 Å². The van der Waals surface area contributed by atoms with Gasteiger partial charge < -0.3 is 10.6 Å². The van der Waals surface area contributed by atoms with Crippen molar-refractivity contribution in [2.75, 3.05) is 12.4 Å². The van der Waals surface area contributed by atoms with Crippen molar-refractivity contribution in [3.63, 3.8) is 0 Å². The molecule has 1 aliphatic carbocycles. The summed E-state index contributed by atoms with van der Waals surface area (Å²) in [5.74, 6) is 0.645. The molecule has 2 atom stereocenters. The number of carbonyl (C=O) groups excluding carboxylic acids is 1. The number of hydrogen-bond acceptors (Lipinski definition) is 3. The van der Waals surface area contributed by atoms with Gasteiger partial charge in [-0.15, -0.1) is 0 Å². The standard InChI is InChI=1S/C14H21N3O/c1-10-4-3-5-12(8-10)17-14(18)13-9-11(15-2)6-7-16-13/h6-7,9-10,12H,3-5,8H2,1-2H3,(H,15,16)(H,17,18). The van der Waals surface area contributed by atoms with Gasteiger partial charge in [0.25, 0.3) is 5.91 Å². The van der Waals surface area contributed by atoms with Crippen LogP contribution in [0.4, 0.5) is 5.69 Å². The molecular weight excluding hydrogens is 226 g/mol. The molecule has 4 heteroatoms. The zero-order valence-electron chi connectivity index (χ0n) is 11.1. The van der Waals surface area contributed by atoms with E-state index < -0.39 is 0 Å². The number of amides is 1. The SMILES string of the molecule is CNc1ccnc(C(=O)NC2CCCC(C)C2)c1. The monoisotopic (exact) mass is 247 g/mol. The van der Waals surface area contributed by atoms with Gasteiger partial charge in [0.1, 0.15) is 5.69 Å². The molecule has 1 amide bonds. The predicted octanol–water partition coefficient (Wildman–Crippen LogP) is 2.43. The summed E-state index contributed by atoms with van der Waals surface area (Å²) in [6.45, 7) is 2.25. The van der Waals surface area contributed by atoms with Crippen LogP contribution in [0.2, 0.25) is 0 Å². The van der Waals surface area contributed by atoms with E-state index >= 15 is 0 Å². The first-order valence-corrected chi connectivity index (χ1v) is 6.63. The summed E-state index contributed by atoms with van der Waals surface area (Å²) < 4.78 is 0. The summed E-state index contributed by atoms with van der Waals surface area (Å²) in [5.41, 5.74) is 1.40. The molecule has 4 nitrogen and oxygen atoms in total. The lowest BCUT2D eigenvalue weighted by Crippen LogP contribution is -2.38. The molecule has 0 saturated heterocycles. The minimum atomic E-state index is -0.0637. The quantitative estimate of drug-likeness (QED) is 0.862. The first kappa shape index (κ1) is 12.9. The summed E-state index contributed by atoms with van der Waals surface area (Å²) in [5, 5.41) is 6.10. The first-order valence-electron chi connectivity index (χ1n) is 6.63. The van der Waals surface area contributed by atoms with E-state index in [0.29, 0.717) is 17.7 Å². The van der Waals surface area contributed by atoms with Crippen molar-refractivity contribution >= 4 is 11.6 Å². The van der Waals surface area contributed by atoms with E-state index in [2.05, 4.69) is 22.5 Å². The number of rotatable bonds is 3. The molecule has 0 radical (unpaired) electrons. The molecule has 18 heavy (non-hydrogen) atoms. The van der Waals surface area contributed by atoms with Gasteiger partial charge in [-0.1, -0.05) is 19.8 Å². The Kier molecular flexibility index (Phi) is 4.18. The Balaban J connectivity index is 1.98. The number of anilines is 1. The average molecular weight is 247 g/mol. The van der Waals surface area contributed by atoms with E-state index in [9.17, 15) is 4.79 Å². The Morgan fingerprint density at radius 3 is 3.00 bits per heavy atom. The number of nitrogens with zero attached hydrogens (tertiary/aromatic N) is 1. The van der Waals surface area contributed by atoms with Gasteiger partial charge in [0, 0.05) is 25.0 Å².